The molecular weight excluding hydrogens is 384 g/mol. The zero-order valence-corrected chi connectivity index (χ0v) is 18.3. The van der Waals surface area contributed by atoms with E-state index >= 15 is 0 Å². The molecular formula is C27H32N2O2. The van der Waals surface area contributed by atoms with Crippen LogP contribution in [-0.2, 0) is 6.61 Å². The van der Waals surface area contributed by atoms with Gasteiger partial charge in [-0.2, -0.15) is 0 Å². The molecule has 3 aromatic carbocycles. The Balaban J connectivity index is 1.45. The number of ether oxygens (including phenoxy) is 2. The minimum Gasteiger partial charge on any atom is -0.485 e. The molecule has 1 aliphatic rings. The van der Waals surface area contributed by atoms with Crippen LogP contribution in [0.4, 0.5) is 0 Å². The highest BCUT2D eigenvalue weighted by molar-refractivity contribution is 5.40. The van der Waals surface area contributed by atoms with E-state index in [2.05, 4.69) is 59.3 Å². The van der Waals surface area contributed by atoms with Gasteiger partial charge in [-0.25, -0.2) is 0 Å². The van der Waals surface area contributed by atoms with Crippen molar-refractivity contribution in [1.82, 2.24) is 9.80 Å². The van der Waals surface area contributed by atoms with Gasteiger partial charge >= 0.3 is 0 Å². The molecule has 3 aromatic rings. The molecule has 0 aromatic heterocycles. The molecule has 162 valence electrons. The number of benzene rings is 3. The van der Waals surface area contributed by atoms with Crippen molar-refractivity contribution in [3.63, 3.8) is 0 Å². The van der Waals surface area contributed by atoms with Crippen molar-refractivity contribution in [3.05, 3.63) is 96.1 Å². The van der Waals surface area contributed by atoms with E-state index in [0.717, 1.165) is 56.2 Å². The van der Waals surface area contributed by atoms with E-state index in [-0.39, 0.29) is 6.10 Å². The van der Waals surface area contributed by atoms with Crippen LogP contribution >= 0.6 is 0 Å². The average molecular weight is 417 g/mol. The average Bonchev–Trinajstić information content (AvgIpc) is 2.83. The van der Waals surface area contributed by atoms with Gasteiger partial charge in [0.2, 0.25) is 0 Å². The van der Waals surface area contributed by atoms with Crippen molar-refractivity contribution >= 4 is 0 Å². The Labute approximate surface area is 186 Å². The summed E-state index contributed by atoms with van der Waals surface area (Å²) in [6.45, 7) is 6.06. The normalized spacial score (nSPS) is 16.0. The second-order valence-corrected chi connectivity index (χ2v) is 8.17. The molecule has 31 heavy (non-hydrogen) atoms. The first-order chi connectivity index (χ1) is 15.3. The van der Waals surface area contributed by atoms with E-state index in [1.807, 2.05) is 42.5 Å². The zero-order valence-electron chi connectivity index (χ0n) is 18.3. The van der Waals surface area contributed by atoms with Crippen LogP contribution in [0.5, 0.6) is 11.5 Å². The molecule has 1 aliphatic heterocycles. The first kappa shape index (κ1) is 21.4. The number of hydrogen-bond acceptors (Lipinski definition) is 4. The summed E-state index contributed by atoms with van der Waals surface area (Å²) in [5, 5.41) is 0. The predicted molar refractivity (Wildman–Crippen MR) is 126 cm³/mol. The van der Waals surface area contributed by atoms with Crippen LogP contribution in [0.1, 0.15) is 23.7 Å². The topological polar surface area (TPSA) is 24.9 Å². The monoisotopic (exact) mass is 416 g/mol. The highest BCUT2D eigenvalue weighted by Gasteiger charge is 2.19. The van der Waals surface area contributed by atoms with Gasteiger partial charge in [-0.3, -0.25) is 0 Å². The summed E-state index contributed by atoms with van der Waals surface area (Å²) in [7, 11) is 2.19. The molecule has 0 aliphatic carbocycles. The van der Waals surface area contributed by atoms with Crippen LogP contribution in [0.15, 0.2) is 84.9 Å². The lowest BCUT2D eigenvalue weighted by molar-refractivity contribution is 0.121. The number of rotatable bonds is 9. The van der Waals surface area contributed by atoms with E-state index in [1.54, 1.807) is 0 Å². The van der Waals surface area contributed by atoms with E-state index in [0.29, 0.717) is 6.61 Å². The van der Waals surface area contributed by atoms with Crippen LogP contribution in [0.2, 0.25) is 0 Å². The summed E-state index contributed by atoms with van der Waals surface area (Å²) in [6, 6.07) is 28.8. The molecule has 0 amide bonds. The molecule has 4 nitrogen and oxygen atoms in total. The van der Waals surface area contributed by atoms with Crippen molar-refractivity contribution in [1.29, 1.82) is 0 Å². The largest absolute Gasteiger partial charge is 0.485 e. The highest BCUT2D eigenvalue weighted by Crippen LogP contribution is 2.33. The lowest BCUT2D eigenvalue weighted by Crippen LogP contribution is -2.45. The quantitative estimate of drug-likeness (QED) is 0.489. The van der Waals surface area contributed by atoms with Crippen molar-refractivity contribution in [2.24, 2.45) is 0 Å². The lowest BCUT2D eigenvalue weighted by Gasteiger charge is -2.33. The van der Waals surface area contributed by atoms with Gasteiger partial charge < -0.3 is 19.3 Å². The zero-order chi connectivity index (χ0) is 21.3. The van der Waals surface area contributed by atoms with Gasteiger partial charge in [-0.1, -0.05) is 72.8 Å². The van der Waals surface area contributed by atoms with E-state index in [1.165, 1.54) is 5.56 Å². The Kier molecular flexibility index (Phi) is 7.59. The number of hydrogen-bond donors (Lipinski definition) is 0. The lowest BCUT2D eigenvalue weighted by atomic mass is 10.1. The second-order valence-electron chi connectivity index (χ2n) is 8.17. The van der Waals surface area contributed by atoms with Gasteiger partial charge in [0.1, 0.15) is 12.7 Å². The fourth-order valence-corrected chi connectivity index (χ4v) is 3.89. The summed E-state index contributed by atoms with van der Waals surface area (Å²) in [5.41, 5.74) is 2.35. The molecule has 1 heterocycles. The second kappa shape index (κ2) is 11.0. The third-order valence-electron chi connectivity index (χ3n) is 5.83. The van der Waals surface area contributed by atoms with Gasteiger partial charge in [0.05, 0.1) is 0 Å². The molecule has 0 spiro atoms. The van der Waals surface area contributed by atoms with Crippen molar-refractivity contribution in [2.45, 2.75) is 19.1 Å². The first-order valence-electron chi connectivity index (χ1n) is 11.2. The van der Waals surface area contributed by atoms with E-state index in [4.69, 9.17) is 9.47 Å². The van der Waals surface area contributed by atoms with Crippen molar-refractivity contribution in [3.8, 4) is 11.5 Å². The standard InChI is InChI=1S/C27H32N2O2/c1-28-18-20-29(21-19-28)17-16-25(24-12-6-3-7-13-24)31-27-15-9-8-14-26(27)30-22-23-10-4-2-5-11-23/h2-15,25H,16-22H2,1H3/t25-/m0/s1. The van der Waals surface area contributed by atoms with E-state index < -0.39 is 0 Å². The molecule has 0 unspecified atom stereocenters. The Morgan fingerprint density at radius 2 is 1.35 bits per heavy atom. The van der Waals surface area contributed by atoms with Gasteiger partial charge in [-0.15, -0.1) is 0 Å². The molecule has 0 N–H and O–H groups in total. The number of likely N-dealkylation sites (N-methyl/N-ethyl adjacent to an activating group) is 1. The highest BCUT2D eigenvalue weighted by atomic mass is 16.5. The number of nitrogens with zero attached hydrogens (tertiary/aromatic N) is 2. The van der Waals surface area contributed by atoms with Crippen LogP contribution in [0.3, 0.4) is 0 Å². The van der Waals surface area contributed by atoms with Gasteiger partial charge in [0, 0.05) is 39.1 Å². The molecule has 0 saturated carbocycles. The summed E-state index contributed by atoms with van der Waals surface area (Å²) in [4.78, 5) is 4.93. The third-order valence-corrected chi connectivity index (χ3v) is 5.83. The fraction of sp³-hybridized carbons (Fsp3) is 0.333. The smallest absolute Gasteiger partial charge is 0.162 e. The van der Waals surface area contributed by atoms with Crippen LogP contribution < -0.4 is 9.47 Å². The Bertz CT molecular complexity index is 909. The number of piperazine rings is 1. The van der Waals surface area contributed by atoms with Crippen LogP contribution in [0, 0.1) is 0 Å². The van der Waals surface area contributed by atoms with Crippen molar-refractivity contribution < 1.29 is 9.47 Å². The van der Waals surface area contributed by atoms with Gasteiger partial charge in [-0.05, 0) is 30.3 Å². The summed E-state index contributed by atoms with van der Waals surface area (Å²) in [6.07, 6.45) is 0.933. The Morgan fingerprint density at radius 1 is 0.742 bits per heavy atom. The molecule has 0 bridgehead atoms. The molecule has 4 heteroatoms. The third kappa shape index (κ3) is 6.33. The molecule has 0 radical (unpaired) electrons. The minimum absolute atomic E-state index is 0.0117. The minimum atomic E-state index is -0.0117. The Hall–Kier alpha value is -2.82. The van der Waals surface area contributed by atoms with Gasteiger partial charge in [0.15, 0.2) is 11.5 Å². The van der Waals surface area contributed by atoms with Crippen LogP contribution in [0.25, 0.3) is 0 Å². The SMILES string of the molecule is CN1CCN(CC[C@H](Oc2ccccc2OCc2ccccc2)c2ccccc2)CC1. The maximum atomic E-state index is 6.57. The summed E-state index contributed by atoms with van der Waals surface area (Å²) < 4.78 is 12.7. The predicted octanol–water partition coefficient (Wildman–Crippen LogP) is 5.02. The van der Waals surface area contributed by atoms with Gasteiger partial charge in [0.25, 0.3) is 0 Å². The van der Waals surface area contributed by atoms with Crippen molar-refractivity contribution in [2.75, 3.05) is 39.8 Å². The number of para-hydroxylation sites is 2. The van der Waals surface area contributed by atoms with E-state index in [9.17, 15) is 0 Å². The summed E-state index contributed by atoms with van der Waals surface area (Å²) in [5.74, 6) is 1.58. The Morgan fingerprint density at radius 3 is 2.06 bits per heavy atom. The summed E-state index contributed by atoms with van der Waals surface area (Å²) >= 11 is 0. The maximum Gasteiger partial charge on any atom is 0.162 e. The molecule has 1 atom stereocenters. The fourth-order valence-electron chi connectivity index (χ4n) is 3.89. The molecule has 1 saturated heterocycles. The first-order valence-corrected chi connectivity index (χ1v) is 11.2. The molecule has 1 fully saturated rings. The maximum absolute atomic E-state index is 6.57. The van der Waals surface area contributed by atoms with Crippen LogP contribution in [-0.4, -0.2) is 49.6 Å². The molecule has 4 rings (SSSR count).